The molecule has 7 heteroatoms. The Bertz CT molecular complexity index is 854. The maximum Gasteiger partial charge on any atom is 0.254 e. The van der Waals surface area contributed by atoms with Crippen LogP contribution in [0.25, 0.3) is 10.9 Å². The van der Waals surface area contributed by atoms with Crippen LogP contribution in [0.2, 0.25) is 0 Å². The number of aromatic nitrogens is 5. The van der Waals surface area contributed by atoms with Crippen LogP contribution >= 0.6 is 0 Å². The number of aryl methyl sites for hydroxylation is 1. The zero-order valence-electron chi connectivity index (χ0n) is 12.0. The average Bonchev–Trinajstić information content (AvgIpc) is 3.08. The number of hydrogen-bond acceptors (Lipinski definition) is 5. The number of rotatable bonds is 3. The average molecular weight is 294 g/mol. The second kappa shape index (κ2) is 4.59. The van der Waals surface area contributed by atoms with Gasteiger partial charge in [0.15, 0.2) is 5.82 Å². The second-order valence-electron chi connectivity index (χ2n) is 5.66. The Morgan fingerprint density at radius 2 is 2.23 bits per heavy atom. The second-order valence-corrected chi connectivity index (χ2v) is 5.66. The fourth-order valence-corrected chi connectivity index (χ4v) is 2.69. The summed E-state index contributed by atoms with van der Waals surface area (Å²) in [6, 6.07) is 7.70. The van der Waals surface area contributed by atoms with Gasteiger partial charge in [0.1, 0.15) is 5.54 Å². The minimum atomic E-state index is -0.491. The van der Waals surface area contributed by atoms with Crippen molar-refractivity contribution in [2.45, 2.75) is 25.3 Å². The molecule has 3 aromatic rings. The molecule has 1 amide bonds. The molecule has 0 unspecified atom stereocenters. The number of aromatic amines is 1. The first-order chi connectivity index (χ1) is 10.7. The van der Waals surface area contributed by atoms with E-state index in [1.54, 1.807) is 6.20 Å². The molecule has 1 aliphatic carbocycles. The largest absolute Gasteiger partial charge is 0.339 e. The van der Waals surface area contributed by atoms with Gasteiger partial charge in [-0.1, -0.05) is 11.3 Å². The molecular weight excluding hydrogens is 280 g/mol. The van der Waals surface area contributed by atoms with E-state index in [-0.39, 0.29) is 5.91 Å². The Labute approximate surface area is 126 Å². The third kappa shape index (κ3) is 2.02. The number of tetrazole rings is 1. The molecule has 1 aromatic carbocycles. The van der Waals surface area contributed by atoms with E-state index in [1.807, 2.05) is 31.2 Å². The number of nitrogens with one attached hydrogen (secondary N) is 2. The van der Waals surface area contributed by atoms with Gasteiger partial charge in [-0.3, -0.25) is 9.78 Å². The monoisotopic (exact) mass is 294 g/mol. The van der Waals surface area contributed by atoms with Crippen molar-refractivity contribution in [3.8, 4) is 0 Å². The Balaban J connectivity index is 1.72. The summed E-state index contributed by atoms with van der Waals surface area (Å²) < 4.78 is 0. The minimum Gasteiger partial charge on any atom is -0.339 e. The molecule has 1 saturated carbocycles. The zero-order valence-corrected chi connectivity index (χ0v) is 12.0. The van der Waals surface area contributed by atoms with Crippen LogP contribution in [-0.2, 0) is 5.54 Å². The molecule has 1 aliphatic rings. The molecule has 2 N–H and O–H groups in total. The Hall–Kier alpha value is -2.83. The van der Waals surface area contributed by atoms with Gasteiger partial charge in [-0.15, -0.1) is 10.2 Å². The van der Waals surface area contributed by atoms with Crippen molar-refractivity contribution in [1.82, 2.24) is 30.9 Å². The number of carbonyl (C=O) groups excluding carboxylic acids is 1. The summed E-state index contributed by atoms with van der Waals surface area (Å²) in [5.41, 5.74) is 1.81. The third-order valence-electron chi connectivity index (χ3n) is 3.97. The van der Waals surface area contributed by atoms with Crippen molar-refractivity contribution >= 4 is 16.8 Å². The fourth-order valence-electron chi connectivity index (χ4n) is 2.69. The van der Waals surface area contributed by atoms with Crippen LogP contribution in [0.3, 0.4) is 0 Å². The molecule has 7 nitrogen and oxygen atoms in total. The van der Waals surface area contributed by atoms with Gasteiger partial charge in [0.2, 0.25) is 0 Å². The summed E-state index contributed by atoms with van der Waals surface area (Å²) >= 11 is 0. The molecule has 110 valence electrons. The van der Waals surface area contributed by atoms with Gasteiger partial charge < -0.3 is 5.32 Å². The first kappa shape index (κ1) is 12.9. The van der Waals surface area contributed by atoms with E-state index in [0.29, 0.717) is 16.9 Å². The van der Waals surface area contributed by atoms with Crippen molar-refractivity contribution in [3.05, 3.63) is 47.4 Å². The molecule has 0 aliphatic heterocycles. The van der Waals surface area contributed by atoms with Gasteiger partial charge in [-0.2, -0.15) is 5.21 Å². The minimum absolute atomic E-state index is 0.158. The van der Waals surface area contributed by atoms with E-state index in [2.05, 4.69) is 30.9 Å². The topological polar surface area (TPSA) is 96.5 Å². The van der Waals surface area contributed by atoms with Gasteiger partial charge in [0.05, 0.1) is 11.1 Å². The Morgan fingerprint density at radius 3 is 2.95 bits per heavy atom. The summed E-state index contributed by atoms with van der Waals surface area (Å²) in [7, 11) is 0. The Kier molecular flexibility index (Phi) is 2.69. The van der Waals surface area contributed by atoms with E-state index in [1.165, 1.54) is 0 Å². The van der Waals surface area contributed by atoms with Crippen LogP contribution < -0.4 is 5.32 Å². The lowest BCUT2D eigenvalue weighted by atomic mass is 10.0. The molecular formula is C15H14N6O. The molecule has 0 saturated heterocycles. The summed E-state index contributed by atoms with van der Waals surface area (Å²) in [4.78, 5) is 17.1. The van der Waals surface area contributed by atoms with Crippen molar-refractivity contribution in [1.29, 1.82) is 0 Å². The number of carbonyl (C=O) groups is 1. The van der Waals surface area contributed by atoms with Crippen LogP contribution in [0.4, 0.5) is 0 Å². The highest BCUT2D eigenvalue weighted by Crippen LogP contribution is 2.43. The molecule has 0 atom stereocenters. The van der Waals surface area contributed by atoms with Gasteiger partial charge in [0, 0.05) is 11.6 Å². The summed E-state index contributed by atoms with van der Waals surface area (Å²) in [5, 5.41) is 18.0. The highest BCUT2D eigenvalue weighted by Gasteiger charge is 2.49. The molecule has 0 spiro atoms. The molecule has 1 fully saturated rings. The van der Waals surface area contributed by atoms with E-state index >= 15 is 0 Å². The lowest BCUT2D eigenvalue weighted by Gasteiger charge is -2.14. The van der Waals surface area contributed by atoms with Crippen LogP contribution in [-0.4, -0.2) is 31.5 Å². The number of H-pyrrole nitrogens is 1. The molecule has 2 heterocycles. The van der Waals surface area contributed by atoms with Gasteiger partial charge in [-0.05, 0) is 43.5 Å². The lowest BCUT2D eigenvalue weighted by Crippen LogP contribution is -2.36. The summed E-state index contributed by atoms with van der Waals surface area (Å²) in [6.45, 7) is 1.97. The first-order valence-electron chi connectivity index (χ1n) is 7.10. The van der Waals surface area contributed by atoms with Crippen molar-refractivity contribution in [3.63, 3.8) is 0 Å². The molecule has 0 bridgehead atoms. The maximum atomic E-state index is 12.7. The number of amides is 1. The number of hydrogen-bond donors (Lipinski definition) is 2. The van der Waals surface area contributed by atoms with Crippen molar-refractivity contribution in [2.24, 2.45) is 0 Å². The SMILES string of the molecule is Cc1cc(C(=O)NC2(c3nn[nH]n3)CC2)c2ncccc2c1. The van der Waals surface area contributed by atoms with Crippen LogP contribution in [0.15, 0.2) is 30.5 Å². The van der Waals surface area contributed by atoms with Crippen molar-refractivity contribution in [2.75, 3.05) is 0 Å². The Morgan fingerprint density at radius 1 is 1.36 bits per heavy atom. The molecule has 0 radical (unpaired) electrons. The third-order valence-corrected chi connectivity index (χ3v) is 3.97. The van der Waals surface area contributed by atoms with E-state index in [4.69, 9.17) is 0 Å². The summed E-state index contributed by atoms with van der Waals surface area (Å²) in [5.74, 6) is 0.375. The van der Waals surface area contributed by atoms with Gasteiger partial charge in [0.25, 0.3) is 5.91 Å². The normalized spacial score (nSPS) is 15.7. The standard InChI is InChI=1S/C15H14N6O/c1-9-7-10-3-2-6-16-12(10)11(8-9)13(22)17-15(4-5-15)14-18-20-21-19-14/h2-3,6-8H,4-5H2,1H3,(H,17,22)(H,18,19,20,21). The quantitative estimate of drug-likeness (QED) is 0.762. The number of pyridine rings is 1. The number of benzene rings is 1. The van der Waals surface area contributed by atoms with Gasteiger partial charge >= 0.3 is 0 Å². The van der Waals surface area contributed by atoms with E-state index in [9.17, 15) is 4.79 Å². The number of nitrogens with zero attached hydrogens (tertiary/aromatic N) is 4. The van der Waals surface area contributed by atoms with Crippen LogP contribution in [0, 0.1) is 6.92 Å². The number of fused-ring (bicyclic) bond motifs is 1. The zero-order chi connectivity index (χ0) is 15.2. The highest BCUT2D eigenvalue weighted by atomic mass is 16.1. The predicted molar refractivity (Wildman–Crippen MR) is 79.0 cm³/mol. The molecule has 2 aromatic heterocycles. The molecule has 4 rings (SSSR count). The lowest BCUT2D eigenvalue weighted by molar-refractivity contribution is 0.0930. The van der Waals surface area contributed by atoms with E-state index < -0.39 is 5.54 Å². The van der Waals surface area contributed by atoms with Crippen LogP contribution in [0.1, 0.15) is 34.6 Å². The highest BCUT2D eigenvalue weighted by molar-refractivity contribution is 6.06. The first-order valence-corrected chi connectivity index (χ1v) is 7.10. The summed E-state index contributed by atoms with van der Waals surface area (Å²) in [6.07, 6.45) is 3.32. The predicted octanol–water partition coefficient (Wildman–Crippen LogP) is 1.48. The smallest absolute Gasteiger partial charge is 0.254 e. The maximum absolute atomic E-state index is 12.7. The van der Waals surface area contributed by atoms with E-state index in [0.717, 1.165) is 23.8 Å². The fraction of sp³-hybridized carbons (Fsp3) is 0.267. The van der Waals surface area contributed by atoms with Gasteiger partial charge in [-0.25, -0.2) is 0 Å². The molecule has 22 heavy (non-hydrogen) atoms. The van der Waals surface area contributed by atoms with Crippen molar-refractivity contribution < 1.29 is 4.79 Å². The van der Waals surface area contributed by atoms with Crippen LogP contribution in [0.5, 0.6) is 0 Å².